The first-order valence-electron chi connectivity index (χ1n) is 11.9. The molecule has 2 fully saturated rings. The van der Waals surface area contributed by atoms with Gasteiger partial charge in [0.15, 0.2) is 12.4 Å². The Morgan fingerprint density at radius 3 is 2.79 bits per heavy atom. The number of aliphatic hydroxyl groups is 1. The number of carbonyl (C=O) groups excluding carboxylic acids is 3. The van der Waals surface area contributed by atoms with Gasteiger partial charge in [-0.3, -0.25) is 19.4 Å². The number of carbonyl (C=O) groups is 3. The van der Waals surface area contributed by atoms with E-state index in [0.717, 1.165) is 24.0 Å². The van der Waals surface area contributed by atoms with Crippen molar-refractivity contribution in [2.24, 2.45) is 33.6 Å². The Labute approximate surface area is 194 Å². The molecule has 2 unspecified atom stereocenters. The zero-order valence-corrected chi connectivity index (χ0v) is 19.5. The van der Waals surface area contributed by atoms with Gasteiger partial charge in [-0.05, 0) is 62.2 Å². The molecule has 5 rings (SSSR count). The summed E-state index contributed by atoms with van der Waals surface area (Å²) in [6.45, 7) is 5.06. The van der Waals surface area contributed by atoms with E-state index >= 15 is 0 Å². The zero-order valence-electron chi connectivity index (χ0n) is 19.5. The Bertz CT molecular complexity index is 1090. The molecule has 1 heterocycles. The number of esters is 1. The number of fused-ring (bicyclic) bond motifs is 5. The number of Topliss-reactive ketones (excluding diaryl/α,β-unsaturated/α-hetero) is 1. The van der Waals surface area contributed by atoms with Gasteiger partial charge in [-0.15, -0.1) is 0 Å². The van der Waals surface area contributed by atoms with Crippen LogP contribution >= 0.6 is 0 Å². The van der Waals surface area contributed by atoms with Crippen molar-refractivity contribution < 1.29 is 24.2 Å². The Balaban J connectivity index is 1.57. The molecule has 0 bridgehead atoms. The number of ketones is 2. The Kier molecular flexibility index (Phi) is 5.02. The molecule has 1 N–H and O–H groups in total. The topological polar surface area (TPSA) is 93.0 Å². The highest BCUT2D eigenvalue weighted by atomic mass is 16.5. The van der Waals surface area contributed by atoms with E-state index in [4.69, 9.17) is 4.74 Å². The second-order valence-corrected chi connectivity index (χ2v) is 10.6. The van der Waals surface area contributed by atoms with E-state index in [1.165, 1.54) is 12.5 Å². The molecule has 6 nitrogen and oxygen atoms in total. The minimum absolute atomic E-state index is 0.0433. The lowest BCUT2D eigenvalue weighted by Crippen LogP contribution is -2.58. The lowest BCUT2D eigenvalue weighted by Gasteiger charge is -2.53. The van der Waals surface area contributed by atoms with Gasteiger partial charge in [-0.1, -0.05) is 30.2 Å². The van der Waals surface area contributed by atoms with E-state index in [0.29, 0.717) is 19.3 Å². The fourth-order valence-corrected chi connectivity index (χ4v) is 7.38. The van der Waals surface area contributed by atoms with Crippen LogP contribution in [0, 0.1) is 28.6 Å². The number of hydrogen-bond donors (Lipinski definition) is 1. The lowest BCUT2D eigenvalue weighted by molar-refractivity contribution is -0.166. The van der Waals surface area contributed by atoms with Gasteiger partial charge in [-0.2, -0.15) is 0 Å². The van der Waals surface area contributed by atoms with Gasteiger partial charge in [0.25, 0.3) is 0 Å². The zero-order chi connectivity index (χ0) is 23.6. The van der Waals surface area contributed by atoms with Crippen molar-refractivity contribution in [3.8, 4) is 0 Å². The fourth-order valence-electron chi connectivity index (χ4n) is 7.38. The number of aliphatic imine (C=N–C) groups is 1. The molecule has 0 aromatic heterocycles. The van der Waals surface area contributed by atoms with Crippen molar-refractivity contribution in [3.05, 3.63) is 47.2 Å². The van der Waals surface area contributed by atoms with Crippen molar-refractivity contribution in [1.29, 1.82) is 0 Å². The summed E-state index contributed by atoms with van der Waals surface area (Å²) in [6, 6.07) is 0. The monoisotopic (exact) mass is 449 g/mol. The van der Waals surface area contributed by atoms with E-state index in [9.17, 15) is 19.5 Å². The van der Waals surface area contributed by atoms with Gasteiger partial charge in [0.1, 0.15) is 5.60 Å². The van der Waals surface area contributed by atoms with Crippen LogP contribution in [0.2, 0.25) is 0 Å². The predicted molar refractivity (Wildman–Crippen MR) is 123 cm³/mol. The normalized spacial score (nSPS) is 40.9. The quantitative estimate of drug-likeness (QED) is 0.522. The van der Waals surface area contributed by atoms with Crippen molar-refractivity contribution in [3.63, 3.8) is 0 Å². The van der Waals surface area contributed by atoms with Crippen molar-refractivity contribution in [2.75, 3.05) is 6.61 Å². The summed E-state index contributed by atoms with van der Waals surface area (Å²) in [5.41, 5.74) is 0.826. The molecule has 2 saturated carbocycles. The Hall–Kier alpha value is -2.60. The van der Waals surface area contributed by atoms with Crippen LogP contribution < -0.4 is 0 Å². The summed E-state index contributed by atoms with van der Waals surface area (Å²) in [4.78, 5) is 41.2. The highest BCUT2D eigenvalue weighted by molar-refractivity contribution is 6.01. The van der Waals surface area contributed by atoms with E-state index in [-0.39, 0.29) is 29.0 Å². The maximum absolute atomic E-state index is 13.5. The van der Waals surface area contributed by atoms with Crippen LogP contribution in [-0.2, 0) is 19.1 Å². The van der Waals surface area contributed by atoms with Gasteiger partial charge in [-0.25, -0.2) is 0 Å². The highest BCUT2D eigenvalue weighted by Gasteiger charge is 2.69. The fraction of sp³-hybridized carbons (Fsp3) is 0.556. The molecule has 0 saturated heterocycles. The van der Waals surface area contributed by atoms with Gasteiger partial charge < -0.3 is 9.84 Å². The molecule has 6 heteroatoms. The highest BCUT2D eigenvalue weighted by Crippen LogP contribution is 2.67. The van der Waals surface area contributed by atoms with Gasteiger partial charge in [0, 0.05) is 42.5 Å². The lowest BCUT2D eigenvalue weighted by atomic mass is 9.51. The molecular weight excluding hydrogens is 418 g/mol. The summed E-state index contributed by atoms with van der Waals surface area (Å²) in [5.74, 6) is -0.969. The largest absolute Gasteiger partial charge is 0.458 e. The standard InChI is InChI=1S/C27H31NO5/c1-16(29)33-15-24(31)27(32)22(17-8-11-28-14-17)13-23-20-5-4-18-12-19(30)6-9-25(18,2)21(20)7-10-26(23,27)3/h6-7,9,11-12,14,20,22-23,32H,4-5,8,10,13,15H2,1-3H3/t20?,22-,23?,25-,26-,27-/m0/s1. The third-order valence-corrected chi connectivity index (χ3v) is 9.16. The molecule has 0 aromatic rings. The van der Waals surface area contributed by atoms with Gasteiger partial charge in [0.2, 0.25) is 5.78 Å². The van der Waals surface area contributed by atoms with Crippen LogP contribution in [0.3, 0.4) is 0 Å². The Morgan fingerprint density at radius 1 is 1.30 bits per heavy atom. The van der Waals surface area contributed by atoms with E-state index < -0.39 is 29.4 Å². The van der Waals surface area contributed by atoms with Crippen LogP contribution in [0.5, 0.6) is 0 Å². The molecule has 0 aromatic carbocycles. The number of ether oxygens (including phenoxy) is 1. The molecule has 174 valence electrons. The van der Waals surface area contributed by atoms with E-state index in [1.54, 1.807) is 18.4 Å². The van der Waals surface area contributed by atoms with Crippen LogP contribution in [0.25, 0.3) is 0 Å². The van der Waals surface area contributed by atoms with Crippen molar-refractivity contribution >= 4 is 23.8 Å². The molecule has 5 aliphatic rings. The molecule has 0 amide bonds. The van der Waals surface area contributed by atoms with Crippen LogP contribution in [0.4, 0.5) is 0 Å². The molecular formula is C27H31NO5. The molecule has 4 aliphatic carbocycles. The Morgan fingerprint density at radius 2 is 2.09 bits per heavy atom. The summed E-state index contributed by atoms with van der Waals surface area (Å²) in [5, 5.41) is 12.2. The van der Waals surface area contributed by atoms with Crippen LogP contribution in [-0.4, -0.2) is 41.1 Å². The second kappa shape index (κ2) is 7.45. The number of allylic oxidation sites excluding steroid dienone is 6. The number of hydrogen-bond acceptors (Lipinski definition) is 6. The minimum Gasteiger partial charge on any atom is -0.458 e. The summed E-state index contributed by atoms with van der Waals surface area (Å²) >= 11 is 0. The predicted octanol–water partition coefficient (Wildman–Crippen LogP) is 3.66. The molecule has 0 spiro atoms. The van der Waals surface area contributed by atoms with Gasteiger partial charge in [0.05, 0.1) is 0 Å². The first-order chi connectivity index (χ1) is 15.6. The van der Waals surface area contributed by atoms with Crippen LogP contribution in [0.15, 0.2) is 52.2 Å². The third kappa shape index (κ3) is 3.03. The minimum atomic E-state index is -1.63. The maximum Gasteiger partial charge on any atom is 0.303 e. The summed E-state index contributed by atoms with van der Waals surface area (Å²) in [7, 11) is 0. The van der Waals surface area contributed by atoms with E-state index in [1.807, 2.05) is 19.2 Å². The average Bonchev–Trinajstić information content (AvgIpc) is 3.38. The first kappa shape index (κ1) is 22.2. The molecule has 0 radical (unpaired) electrons. The smallest absolute Gasteiger partial charge is 0.303 e. The third-order valence-electron chi connectivity index (χ3n) is 9.16. The molecule has 33 heavy (non-hydrogen) atoms. The second-order valence-electron chi connectivity index (χ2n) is 10.6. The number of rotatable bonds is 4. The molecule has 6 atom stereocenters. The average molecular weight is 450 g/mol. The first-order valence-corrected chi connectivity index (χ1v) is 11.9. The summed E-state index contributed by atoms with van der Waals surface area (Å²) in [6.07, 6.45) is 14.9. The SMILES string of the molecule is CC(=O)OCC(=O)[C@@]1(O)[C@H](C2=CN=CC2)CC2C3CCC4=CC(=O)C=C[C@]4(C)C3=CC[C@@]21C. The van der Waals surface area contributed by atoms with Crippen LogP contribution in [0.1, 0.15) is 52.9 Å². The number of nitrogens with zero attached hydrogens (tertiary/aromatic N) is 1. The van der Waals surface area contributed by atoms with Gasteiger partial charge >= 0.3 is 5.97 Å². The van der Waals surface area contributed by atoms with Crippen molar-refractivity contribution in [1.82, 2.24) is 0 Å². The van der Waals surface area contributed by atoms with E-state index in [2.05, 4.69) is 18.0 Å². The molecule has 1 aliphatic heterocycles. The maximum atomic E-state index is 13.5. The van der Waals surface area contributed by atoms with Crippen molar-refractivity contribution in [2.45, 2.75) is 58.5 Å². The summed E-state index contributed by atoms with van der Waals surface area (Å²) < 4.78 is 5.06.